The molecule has 2 aromatic carbocycles. The first kappa shape index (κ1) is 25.9. The van der Waals surface area contributed by atoms with Gasteiger partial charge in [-0.25, -0.2) is 13.1 Å². The minimum Gasteiger partial charge on any atom is -0.492 e. The molecule has 0 saturated carbocycles. The lowest BCUT2D eigenvalue weighted by molar-refractivity contribution is -0.274. The van der Waals surface area contributed by atoms with Gasteiger partial charge >= 0.3 is 6.36 Å². The van der Waals surface area contributed by atoms with Gasteiger partial charge in [0.05, 0.1) is 6.61 Å². The third-order valence-corrected chi connectivity index (χ3v) is 7.02. The third kappa shape index (κ3) is 5.85. The van der Waals surface area contributed by atoms with Crippen LogP contribution in [0.3, 0.4) is 0 Å². The lowest BCUT2D eigenvalue weighted by Crippen LogP contribution is -2.27. The number of halogens is 3. The lowest BCUT2D eigenvalue weighted by Gasteiger charge is -2.17. The summed E-state index contributed by atoms with van der Waals surface area (Å²) in [7, 11) is -3.90. The van der Waals surface area contributed by atoms with Crippen LogP contribution in [-0.4, -0.2) is 32.9 Å². The van der Waals surface area contributed by atoms with Gasteiger partial charge in [0.15, 0.2) is 0 Å². The molecule has 2 N–H and O–H groups in total. The van der Waals surface area contributed by atoms with Gasteiger partial charge in [-0.2, -0.15) is 0 Å². The number of fused-ring (bicyclic) bond motifs is 1. The van der Waals surface area contributed by atoms with Crippen molar-refractivity contribution in [3.05, 3.63) is 52.7 Å². The number of alkyl halides is 3. The van der Waals surface area contributed by atoms with E-state index >= 15 is 0 Å². The van der Waals surface area contributed by atoms with Crippen molar-refractivity contribution in [3.63, 3.8) is 0 Å². The zero-order valence-corrected chi connectivity index (χ0v) is 20.6. The number of H-pyrrole nitrogens is 1. The van der Waals surface area contributed by atoms with Crippen LogP contribution in [0.1, 0.15) is 49.1 Å². The summed E-state index contributed by atoms with van der Waals surface area (Å²) in [6, 6.07) is 7.42. The van der Waals surface area contributed by atoms with Crippen LogP contribution < -0.4 is 14.2 Å². The Bertz CT molecular complexity index is 1280. The molecule has 6 nitrogen and oxygen atoms in total. The van der Waals surface area contributed by atoms with E-state index in [2.05, 4.69) is 14.4 Å². The molecule has 0 amide bonds. The quantitative estimate of drug-likeness (QED) is 0.395. The van der Waals surface area contributed by atoms with Crippen LogP contribution in [0, 0.1) is 13.8 Å². The molecule has 1 heterocycles. The maximum atomic E-state index is 13.2. The van der Waals surface area contributed by atoms with Crippen molar-refractivity contribution < 1.29 is 31.1 Å². The van der Waals surface area contributed by atoms with Gasteiger partial charge in [0.1, 0.15) is 16.4 Å². The molecule has 0 unspecified atom stereocenters. The molecule has 186 valence electrons. The second-order valence-corrected chi connectivity index (χ2v) is 10.1. The highest BCUT2D eigenvalue weighted by Crippen LogP contribution is 2.32. The van der Waals surface area contributed by atoms with E-state index in [1.165, 1.54) is 18.2 Å². The Hall–Kier alpha value is -2.72. The van der Waals surface area contributed by atoms with E-state index < -0.39 is 16.4 Å². The van der Waals surface area contributed by atoms with Gasteiger partial charge in [0.25, 0.3) is 0 Å². The Kier molecular flexibility index (Phi) is 7.52. The highest BCUT2D eigenvalue weighted by molar-refractivity contribution is 7.89. The van der Waals surface area contributed by atoms with Gasteiger partial charge < -0.3 is 14.5 Å². The number of aromatic amines is 1. The SMILES string of the molecule is CCOc1cc(C)c(C(C)C)cc1S(=O)(=O)NCCc1c(C)[nH]c2ccc(OC(F)(F)F)cc12. The van der Waals surface area contributed by atoms with Crippen molar-refractivity contribution in [2.75, 3.05) is 13.2 Å². The Balaban J connectivity index is 1.85. The van der Waals surface area contributed by atoms with Gasteiger partial charge in [0, 0.05) is 23.1 Å². The van der Waals surface area contributed by atoms with Crippen molar-refractivity contribution >= 4 is 20.9 Å². The Morgan fingerprint density at radius 1 is 1.12 bits per heavy atom. The average Bonchev–Trinajstić information content (AvgIpc) is 3.01. The van der Waals surface area contributed by atoms with Crippen LogP contribution in [-0.2, 0) is 16.4 Å². The maximum Gasteiger partial charge on any atom is 0.573 e. The van der Waals surface area contributed by atoms with Crippen molar-refractivity contribution in [1.29, 1.82) is 0 Å². The first-order chi connectivity index (χ1) is 15.8. The van der Waals surface area contributed by atoms with Crippen molar-refractivity contribution in [3.8, 4) is 11.5 Å². The van der Waals surface area contributed by atoms with Gasteiger partial charge in [-0.3, -0.25) is 0 Å². The third-order valence-electron chi connectivity index (χ3n) is 5.54. The number of benzene rings is 2. The molecule has 0 fully saturated rings. The van der Waals surface area contributed by atoms with Crippen LogP contribution in [0.2, 0.25) is 0 Å². The van der Waals surface area contributed by atoms with E-state index in [0.717, 1.165) is 16.8 Å². The summed E-state index contributed by atoms with van der Waals surface area (Å²) in [4.78, 5) is 3.18. The standard InChI is InChI=1S/C24H29F3N2O4S/c1-6-32-22-11-15(4)19(14(2)3)13-23(22)34(30,31)28-10-9-18-16(5)29-21-8-7-17(12-20(18)21)33-24(25,26)27/h7-8,11-14,28-29H,6,9-10H2,1-5H3. The minimum atomic E-state index is -4.80. The van der Waals surface area contributed by atoms with Crippen LogP contribution in [0.5, 0.6) is 11.5 Å². The zero-order valence-electron chi connectivity index (χ0n) is 19.8. The molecule has 0 radical (unpaired) electrons. The number of hydrogen-bond acceptors (Lipinski definition) is 4. The summed E-state index contributed by atoms with van der Waals surface area (Å²) in [5.41, 5.74) is 3.95. The highest BCUT2D eigenvalue weighted by atomic mass is 32.2. The summed E-state index contributed by atoms with van der Waals surface area (Å²) < 4.78 is 76.4. The lowest BCUT2D eigenvalue weighted by atomic mass is 9.98. The van der Waals surface area contributed by atoms with Crippen molar-refractivity contribution in [2.24, 2.45) is 0 Å². The molecule has 3 aromatic rings. The highest BCUT2D eigenvalue weighted by Gasteiger charge is 2.31. The molecule has 0 spiro atoms. The Morgan fingerprint density at radius 3 is 2.44 bits per heavy atom. The van der Waals surface area contributed by atoms with Gasteiger partial charge in [-0.05, 0) is 80.1 Å². The number of rotatable bonds is 9. The van der Waals surface area contributed by atoms with Gasteiger partial charge in [-0.15, -0.1) is 13.2 Å². The smallest absolute Gasteiger partial charge is 0.492 e. The maximum absolute atomic E-state index is 13.2. The number of hydrogen-bond donors (Lipinski definition) is 2. The first-order valence-corrected chi connectivity index (χ1v) is 12.4. The predicted molar refractivity (Wildman–Crippen MR) is 125 cm³/mol. The number of aromatic nitrogens is 1. The molecule has 0 saturated heterocycles. The summed E-state index contributed by atoms with van der Waals surface area (Å²) in [6.07, 6.45) is -4.52. The Labute approximate surface area is 197 Å². The topological polar surface area (TPSA) is 80.4 Å². The van der Waals surface area contributed by atoms with E-state index in [1.807, 2.05) is 20.8 Å². The fourth-order valence-corrected chi connectivity index (χ4v) is 5.24. The monoisotopic (exact) mass is 498 g/mol. The molecule has 34 heavy (non-hydrogen) atoms. The number of aryl methyl sites for hydroxylation is 2. The summed E-state index contributed by atoms with van der Waals surface area (Å²) in [5, 5.41) is 0.547. The fourth-order valence-electron chi connectivity index (χ4n) is 4.05. The second-order valence-electron chi connectivity index (χ2n) is 8.37. The first-order valence-electron chi connectivity index (χ1n) is 11.0. The number of sulfonamides is 1. The van der Waals surface area contributed by atoms with E-state index in [4.69, 9.17) is 4.74 Å². The summed E-state index contributed by atoms with van der Waals surface area (Å²) in [5.74, 6) is 0.0868. The molecule has 1 aromatic heterocycles. The average molecular weight is 499 g/mol. The van der Waals surface area contributed by atoms with Crippen LogP contribution in [0.25, 0.3) is 10.9 Å². The Morgan fingerprint density at radius 2 is 1.82 bits per heavy atom. The molecule has 10 heteroatoms. The molecule has 0 atom stereocenters. The molecule has 3 rings (SSSR count). The van der Waals surface area contributed by atoms with Crippen LogP contribution >= 0.6 is 0 Å². The molecule has 0 aliphatic rings. The largest absolute Gasteiger partial charge is 0.573 e. The van der Waals surface area contributed by atoms with Crippen LogP contribution in [0.4, 0.5) is 13.2 Å². The zero-order chi connectivity index (χ0) is 25.3. The summed E-state index contributed by atoms with van der Waals surface area (Å²) in [6.45, 7) is 9.84. The molecule has 0 aliphatic carbocycles. The number of nitrogens with one attached hydrogen (secondary N) is 2. The normalized spacial score (nSPS) is 12.5. The molecular formula is C24H29F3N2O4S. The number of ether oxygens (including phenoxy) is 2. The summed E-state index contributed by atoms with van der Waals surface area (Å²) >= 11 is 0. The predicted octanol–water partition coefficient (Wildman–Crippen LogP) is 5.73. The van der Waals surface area contributed by atoms with E-state index in [0.29, 0.717) is 23.1 Å². The minimum absolute atomic E-state index is 0.0525. The van der Waals surface area contributed by atoms with E-state index in [1.54, 1.807) is 26.0 Å². The second kappa shape index (κ2) is 9.87. The molecule has 0 aliphatic heterocycles. The van der Waals surface area contributed by atoms with Gasteiger partial charge in [0.2, 0.25) is 10.0 Å². The van der Waals surface area contributed by atoms with Crippen molar-refractivity contribution in [1.82, 2.24) is 9.71 Å². The van der Waals surface area contributed by atoms with Gasteiger partial charge in [-0.1, -0.05) is 13.8 Å². The van der Waals surface area contributed by atoms with Crippen LogP contribution in [0.15, 0.2) is 35.2 Å². The van der Waals surface area contributed by atoms with Crippen molar-refractivity contribution in [2.45, 2.75) is 58.2 Å². The van der Waals surface area contributed by atoms with E-state index in [-0.39, 0.29) is 35.3 Å². The molecule has 0 bridgehead atoms. The fraction of sp³-hybridized carbons (Fsp3) is 0.417. The van der Waals surface area contributed by atoms with E-state index in [9.17, 15) is 21.6 Å². The molecular weight excluding hydrogens is 469 g/mol.